The molecule has 0 saturated carbocycles. The molecule has 2 heterocycles. The Kier molecular flexibility index (Phi) is 2.56. The van der Waals surface area contributed by atoms with E-state index in [9.17, 15) is 0 Å². The van der Waals surface area contributed by atoms with Gasteiger partial charge in [-0.2, -0.15) is 0 Å². The summed E-state index contributed by atoms with van der Waals surface area (Å²) >= 11 is 5.86. The van der Waals surface area contributed by atoms with Crippen molar-refractivity contribution in [3.63, 3.8) is 0 Å². The van der Waals surface area contributed by atoms with Crippen LogP contribution < -0.4 is 0 Å². The van der Waals surface area contributed by atoms with Crippen molar-refractivity contribution in [2.75, 3.05) is 0 Å². The lowest BCUT2D eigenvalue weighted by Gasteiger charge is -1.98. The molecule has 0 atom stereocenters. The first-order valence-electron chi connectivity index (χ1n) is 5.63. The molecule has 0 radical (unpaired) electrons. The van der Waals surface area contributed by atoms with Gasteiger partial charge in [-0.15, -0.1) is 0 Å². The van der Waals surface area contributed by atoms with Gasteiger partial charge in [0.15, 0.2) is 5.76 Å². The van der Waals surface area contributed by atoms with Crippen molar-refractivity contribution in [2.45, 2.75) is 13.8 Å². The van der Waals surface area contributed by atoms with E-state index in [4.69, 9.17) is 16.0 Å². The molecule has 3 nitrogen and oxygen atoms in total. The van der Waals surface area contributed by atoms with E-state index >= 15 is 0 Å². The van der Waals surface area contributed by atoms with E-state index < -0.39 is 0 Å². The maximum absolute atomic E-state index is 5.86. The normalized spacial score (nSPS) is 11.1. The molecule has 90 valence electrons. The molecule has 0 aliphatic rings. The maximum Gasteiger partial charge on any atom is 0.223 e. The second-order valence-electron chi connectivity index (χ2n) is 4.32. The summed E-state index contributed by atoms with van der Waals surface area (Å²) in [6.07, 6.45) is 0. The molecule has 3 aromatic rings. The van der Waals surface area contributed by atoms with Crippen LogP contribution in [0.3, 0.4) is 0 Å². The number of benzene rings is 1. The molecule has 0 saturated heterocycles. The van der Waals surface area contributed by atoms with Gasteiger partial charge in [-0.25, -0.2) is 9.97 Å². The van der Waals surface area contributed by atoms with Gasteiger partial charge >= 0.3 is 0 Å². The summed E-state index contributed by atoms with van der Waals surface area (Å²) in [6.45, 7) is 3.93. The van der Waals surface area contributed by atoms with Crippen LogP contribution in [0, 0.1) is 13.8 Å². The van der Waals surface area contributed by atoms with Crippen molar-refractivity contribution < 1.29 is 4.42 Å². The highest BCUT2D eigenvalue weighted by molar-refractivity contribution is 6.28. The van der Waals surface area contributed by atoms with Crippen molar-refractivity contribution >= 4 is 22.6 Å². The Bertz CT molecular complexity index is 713. The third-order valence-corrected chi connectivity index (χ3v) is 2.92. The van der Waals surface area contributed by atoms with Crippen molar-refractivity contribution in [2.24, 2.45) is 0 Å². The molecular weight excluding hydrogens is 248 g/mol. The van der Waals surface area contributed by atoms with Gasteiger partial charge in [0.1, 0.15) is 11.3 Å². The lowest BCUT2D eigenvalue weighted by atomic mass is 10.2. The average molecular weight is 259 g/mol. The van der Waals surface area contributed by atoms with E-state index in [1.165, 1.54) is 5.56 Å². The Morgan fingerprint density at radius 3 is 2.67 bits per heavy atom. The molecule has 0 fully saturated rings. The molecular formula is C14H11ClN2O. The fraction of sp³-hybridized carbons (Fsp3) is 0.143. The van der Waals surface area contributed by atoms with E-state index in [0.29, 0.717) is 11.5 Å². The first-order chi connectivity index (χ1) is 8.61. The molecule has 0 aliphatic carbocycles. The SMILES string of the molecule is Cc1ccc2oc(-c3cc(C)nc(Cl)n3)cc2c1. The van der Waals surface area contributed by atoms with Crippen LogP contribution >= 0.6 is 11.6 Å². The van der Waals surface area contributed by atoms with Crippen molar-refractivity contribution in [1.82, 2.24) is 9.97 Å². The maximum atomic E-state index is 5.86. The van der Waals surface area contributed by atoms with Gasteiger partial charge < -0.3 is 4.42 Å². The van der Waals surface area contributed by atoms with Gasteiger partial charge in [0.2, 0.25) is 5.28 Å². The Balaban J connectivity index is 2.19. The smallest absolute Gasteiger partial charge is 0.223 e. The molecule has 2 aromatic heterocycles. The van der Waals surface area contributed by atoms with Crippen molar-refractivity contribution in [3.8, 4) is 11.5 Å². The zero-order chi connectivity index (χ0) is 12.7. The quantitative estimate of drug-likeness (QED) is 0.615. The van der Waals surface area contributed by atoms with Gasteiger partial charge in [-0.3, -0.25) is 0 Å². The number of fused-ring (bicyclic) bond motifs is 1. The zero-order valence-electron chi connectivity index (χ0n) is 10.1. The molecule has 0 spiro atoms. The summed E-state index contributed by atoms with van der Waals surface area (Å²) in [7, 11) is 0. The molecule has 3 rings (SSSR count). The predicted molar refractivity (Wildman–Crippen MR) is 71.7 cm³/mol. The summed E-state index contributed by atoms with van der Waals surface area (Å²) in [5.74, 6) is 0.711. The highest BCUT2D eigenvalue weighted by atomic mass is 35.5. The van der Waals surface area contributed by atoms with Crippen molar-refractivity contribution in [1.29, 1.82) is 0 Å². The van der Waals surface area contributed by atoms with E-state index in [-0.39, 0.29) is 5.28 Å². The second kappa shape index (κ2) is 4.10. The van der Waals surface area contributed by atoms with Gasteiger partial charge in [0, 0.05) is 11.1 Å². The monoisotopic (exact) mass is 258 g/mol. The molecule has 0 unspecified atom stereocenters. The minimum atomic E-state index is 0.238. The van der Waals surface area contributed by atoms with E-state index in [0.717, 1.165) is 16.7 Å². The number of hydrogen-bond acceptors (Lipinski definition) is 3. The summed E-state index contributed by atoms with van der Waals surface area (Å²) < 4.78 is 5.77. The number of halogens is 1. The van der Waals surface area contributed by atoms with Gasteiger partial charge in [0.25, 0.3) is 0 Å². The second-order valence-corrected chi connectivity index (χ2v) is 4.65. The molecule has 1 aromatic carbocycles. The summed E-state index contributed by atoms with van der Waals surface area (Å²) in [5, 5.41) is 1.30. The number of furan rings is 1. The fourth-order valence-electron chi connectivity index (χ4n) is 1.95. The molecule has 0 N–H and O–H groups in total. The molecule has 0 amide bonds. The molecule has 4 heteroatoms. The van der Waals surface area contributed by atoms with Gasteiger partial charge in [-0.1, -0.05) is 11.6 Å². The van der Waals surface area contributed by atoms with Crippen LogP contribution in [0.4, 0.5) is 0 Å². The van der Waals surface area contributed by atoms with E-state index in [1.807, 2.05) is 31.2 Å². The highest BCUT2D eigenvalue weighted by Gasteiger charge is 2.09. The van der Waals surface area contributed by atoms with Crippen LogP contribution in [0.5, 0.6) is 0 Å². The number of aryl methyl sites for hydroxylation is 2. The molecule has 0 bridgehead atoms. The Morgan fingerprint density at radius 1 is 1.06 bits per heavy atom. The van der Waals surface area contributed by atoms with Crippen LogP contribution in [-0.2, 0) is 0 Å². The van der Waals surface area contributed by atoms with Crippen LogP contribution in [0.25, 0.3) is 22.4 Å². The Morgan fingerprint density at radius 2 is 1.89 bits per heavy atom. The van der Waals surface area contributed by atoms with E-state index in [2.05, 4.69) is 23.0 Å². The lowest BCUT2D eigenvalue weighted by Crippen LogP contribution is -1.89. The average Bonchev–Trinajstić information content (AvgIpc) is 2.70. The Hall–Kier alpha value is -1.87. The van der Waals surface area contributed by atoms with Crippen LogP contribution in [0.2, 0.25) is 5.28 Å². The van der Waals surface area contributed by atoms with Crippen molar-refractivity contribution in [3.05, 3.63) is 46.9 Å². The van der Waals surface area contributed by atoms with Crippen LogP contribution in [0.1, 0.15) is 11.3 Å². The minimum absolute atomic E-state index is 0.238. The summed E-state index contributed by atoms with van der Waals surface area (Å²) in [4.78, 5) is 8.22. The zero-order valence-corrected chi connectivity index (χ0v) is 10.8. The third kappa shape index (κ3) is 1.97. The standard InChI is InChI=1S/C14H11ClN2O/c1-8-3-4-12-10(5-8)7-13(18-12)11-6-9(2)16-14(15)17-11/h3-7H,1-2H3. The number of rotatable bonds is 1. The van der Waals surface area contributed by atoms with Crippen LogP contribution in [-0.4, -0.2) is 9.97 Å². The van der Waals surface area contributed by atoms with Gasteiger partial charge in [0.05, 0.1) is 0 Å². The molecule has 18 heavy (non-hydrogen) atoms. The largest absolute Gasteiger partial charge is 0.454 e. The van der Waals surface area contributed by atoms with Gasteiger partial charge in [-0.05, 0) is 49.7 Å². The fourth-order valence-corrected chi connectivity index (χ4v) is 2.17. The Labute approximate surface area is 109 Å². The topological polar surface area (TPSA) is 38.9 Å². The lowest BCUT2D eigenvalue weighted by molar-refractivity contribution is 0.628. The van der Waals surface area contributed by atoms with Crippen LogP contribution in [0.15, 0.2) is 34.7 Å². The first-order valence-corrected chi connectivity index (χ1v) is 6.01. The number of hydrogen-bond donors (Lipinski definition) is 0. The minimum Gasteiger partial charge on any atom is -0.454 e. The summed E-state index contributed by atoms with van der Waals surface area (Å²) in [6, 6.07) is 9.90. The predicted octanol–water partition coefficient (Wildman–Crippen LogP) is 4.16. The van der Waals surface area contributed by atoms with E-state index in [1.54, 1.807) is 0 Å². The molecule has 0 aliphatic heterocycles. The summed E-state index contributed by atoms with van der Waals surface area (Å²) in [5.41, 5.74) is 3.58. The number of aromatic nitrogens is 2. The highest BCUT2D eigenvalue weighted by Crippen LogP contribution is 2.28. The first kappa shape index (κ1) is 11.2. The number of nitrogens with zero attached hydrogens (tertiary/aromatic N) is 2. The third-order valence-electron chi connectivity index (χ3n) is 2.75.